The number of fused-ring (bicyclic) bond motifs is 5. The first-order valence-electron chi connectivity index (χ1n) is 9.22. The Hall–Kier alpha value is -2.71. The quantitative estimate of drug-likeness (QED) is 0.466. The molecule has 0 unspecified atom stereocenters. The molecule has 0 radical (unpaired) electrons. The number of ether oxygens (including phenoxy) is 2. The maximum atomic E-state index is 13.2. The molecule has 0 saturated heterocycles. The standard InChI is InChI=1S/C21H17BrN2O5/c1-3-21(27)13-7-16-17-10(8-24(16)19(25)12(13)9-29-20(21)26)6-11-15(23-17)5-4-14(22)18(11)28-2/h4-7,27H,3,8-9H2,1-2H3/t21-/m0/s1. The highest BCUT2D eigenvalue weighted by atomic mass is 79.9. The normalized spacial score (nSPS) is 19.5. The molecular weight excluding hydrogens is 440 g/mol. The summed E-state index contributed by atoms with van der Waals surface area (Å²) in [5, 5.41) is 11.8. The third kappa shape index (κ3) is 2.36. The molecule has 0 bridgehead atoms. The summed E-state index contributed by atoms with van der Waals surface area (Å²) < 4.78 is 13.0. The number of carbonyl (C=O) groups excluding carboxylic acids is 1. The predicted octanol–water partition coefficient (Wildman–Crippen LogP) is 2.85. The van der Waals surface area contributed by atoms with E-state index in [4.69, 9.17) is 14.5 Å². The zero-order valence-electron chi connectivity index (χ0n) is 15.8. The molecule has 7 nitrogen and oxygen atoms in total. The van der Waals surface area contributed by atoms with Gasteiger partial charge in [-0.25, -0.2) is 9.78 Å². The lowest BCUT2D eigenvalue weighted by molar-refractivity contribution is -0.172. The van der Waals surface area contributed by atoms with E-state index in [0.717, 1.165) is 20.9 Å². The zero-order valence-corrected chi connectivity index (χ0v) is 17.4. The summed E-state index contributed by atoms with van der Waals surface area (Å²) in [5.41, 5.74) is 1.40. The van der Waals surface area contributed by atoms with Crippen LogP contribution in [0.3, 0.4) is 0 Å². The van der Waals surface area contributed by atoms with E-state index < -0.39 is 11.6 Å². The number of methoxy groups -OCH3 is 1. The number of rotatable bonds is 2. The van der Waals surface area contributed by atoms with Gasteiger partial charge in [0.2, 0.25) is 0 Å². The lowest BCUT2D eigenvalue weighted by atomic mass is 9.86. The van der Waals surface area contributed by atoms with Crippen LogP contribution in [0.4, 0.5) is 0 Å². The highest BCUT2D eigenvalue weighted by molar-refractivity contribution is 9.10. The number of carbonyl (C=O) groups is 1. The van der Waals surface area contributed by atoms with Gasteiger partial charge in [-0.3, -0.25) is 4.79 Å². The molecule has 29 heavy (non-hydrogen) atoms. The minimum Gasteiger partial charge on any atom is -0.495 e. The molecule has 0 aliphatic carbocycles. The molecule has 5 rings (SSSR count). The predicted molar refractivity (Wildman–Crippen MR) is 109 cm³/mol. The topological polar surface area (TPSA) is 90.7 Å². The van der Waals surface area contributed by atoms with E-state index >= 15 is 0 Å². The van der Waals surface area contributed by atoms with E-state index in [0.29, 0.717) is 34.8 Å². The summed E-state index contributed by atoms with van der Waals surface area (Å²) in [7, 11) is 1.60. The summed E-state index contributed by atoms with van der Waals surface area (Å²) in [5.74, 6) is -0.0455. The van der Waals surface area contributed by atoms with Crippen molar-refractivity contribution in [1.29, 1.82) is 0 Å². The third-order valence-electron chi connectivity index (χ3n) is 5.80. The smallest absolute Gasteiger partial charge is 0.343 e. The molecular formula is C21H17BrN2O5. The van der Waals surface area contributed by atoms with Crippen LogP contribution < -0.4 is 10.3 Å². The number of halogens is 1. The van der Waals surface area contributed by atoms with Gasteiger partial charge in [-0.05, 0) is 46.6 Å². The van der Waals surface area contributed by atoms with Crippen molar-refractivity contribution in [3.63, 3.8) is 0 Å². The number of aliphatic hydroxyl groups is 1. The maximum absolute atomic E-state index is 13.2. The average molecular weight is 457 g/mol. The van der Waals surface area contributed by atoms with Crippen molar-refractivity contribution in [2.75, 3.05) is 7.11 Å². The lowest BCUT2D eigenvalue weighted by Gasteiger charge is -2.31. The van der Waals surface area contributed by atoms with Gasteiger partial charge in [-0.15, -0.1) is 0 Å². The summed E-state index contributed by atoms with van der Waals surface area (Å²) in [6.07, 6.45) is 0.116. The van der Waals surface area contributed by atoms with Gasteiger partial charge in [0.15, 0.2) is 5.60 Å². The second kappa shape index (κ2) is 6.14. The van der Waals surface area contributed by atoms with Crippen LogP contribution in [0.15, 0.2) is 33.5 Å². The minimum absolute atomic E-state index is 0.116. The van der Waals surface area contributed by atoms with Crippen molar-refractivity contribution in [2.45, 2.75) is 32.1 Å². The molecule has 1 N–H and O–H groups in total. The first-order valence-corrected chi connectivity index (χ1v) is 10.0. The number of esters is 1. The van der Waals surface area contributed by atoms with Crippen LogP contribution in [0.5, 0.6) is 5.75 Å². The van der Waals surface area contributed by atoms with Crippen molar-refractivity contribution >= 4 is 32.8 Å². The molecule has 2 aliphatic rings. The molecule has 1 atom stereocenters. The highest BCUT2D eigenvalue weighted by Crippen LogP contribution is 2.40. The summed E-state index contributed by atoms with van der Waals surface area (Å²) in [6, 6.07) is 7.42. The summed E-state index contributed by atoms with van der Waals surface area (Å²) >= 11 is 3.49. The van der Waals surface area contributed by atoms with Gasteiger partial charge in [0, 0.05) is 16.5 Å². The zero-order chi connectivity index (χ0) is 20.5. The fourth-order valence-corrected chi connectivity index (χ4v) is 4.71. The number of hydrogen-bond acceptors (Lipinski definition) is 6. The van der Waals surface area contributed by atoms with Crippen molar-refractivity contribution in [3.05, 3.63) is 55.8 Å². The number of aromatic nitrogens is 2. The second-order valence-corrected chi connectivity index (χ2v) is 8.10. The van der Waals surface area contributed by atoms with Gasteiger partial charge in [0.25, 0.3) is 5.56 Å². The molecule has 0 saturated carbocycles. The van der Waals surface area contributed by atoms with E-state index in [9.17, 15) is 14.7 Å². The Morgan fingerprint density at radius 2 is 2.14 bits per heavy atom. The molecule has 3 aromatic rings. The van der Waals surface area contributed by atoms with Gasteiger partial charge in [0.05, 0.1) is 40.6 Å². The van der Waals surface area contributed by atoms with E-state index in [1.54, 1.807) is 24.7 Å². The minimum atomic E-state index is -1.82. The number of hydrogen-bond donors (Lipinski definition) is 1. The van der Waals surface area contributed by atoms with Crippen molar-refractivity contribution in [1.82, 2.24) is 9.55 Å². The van der Waals surface area contributed by atoms with Crippen LogP contribution in [0.25, 0.3) is 22.3 Å². The van der Waals surface area contributed by atoms with E-state index in [2.05, 4.69) is 15.9 Å². The van der Waals surface area contributed by atoms with Crippen molar-refractivity contribution < 1.29 is 19.4 Å². The van der Waals surface area contributed by atoms with Gasteiger partial charge >= 0.3 is 5.97 Å². The average Bonchev–Trinajstić information content (AvgIpc) is 3.08. The SMILES string of the molecule is CC[C@@]1(O)C(=O)OCc2c1cc1n(c2=O)Cc2cc3c(OC)c(Br)ccc3nc2-1. The second-order valence-electron chi connectivity index (χ2n) is 7.25. The first kappa shape index (κ1) is 18.3. The summed E-state index contributed by atoms with van der Waals surface area (Å²) in [4.78, 5) is 30.2. The number of cyclic esters (lactones) is 1. The van der Waals surface area contributed by atoms with E-state index in [1.165, 1.54) is 0 Å². The lowest BCUT2D eigenvalue weighted by Crippen LogP contribution is -2.44. The first-order chi connectivity index (χ1) is 13.9. The largest absolute Gasteiger partial charge is 0.495 e. The Labute approximate surface area is 174 Å². The molecule has 0 fully saturated rings. The highest BCUT2D eigenvalue weighted by Gasteiger charge is 2.45. The Bertz CT molecular complexity index is 1280. The van der Waals surface area contributed by atoms with Crippen LogP contribution in [-0.4, -0.2) is 27.7 Å². The molecule has 8 heteroatoms. The molecule has 0 amide bonds. The fourth-order valence-electron chi connectivity index (χ4n) is 4.21. The molecule has 148 valence electrons. The van der Waals surface area contributed by atoms with Gasteiger partial charge in [-0.2, -0.15) is 0 Å². The van der Waals surface area contributed by atoms with Gasteiger partial charge < -0.3 is 19.1 Å². The Kier molecular flexibility index (Phi) is 3.88. The Morgan fingerprint density at radius 3 is 2.86 bits per heavy atom. The van der Waals surface area contributed by atoms with Crippen LogP contribution in [0.2, 0.25) is 0 Å². The Morgan fingerprint density at radius 1 is 1.34 bits per heavy atom. The summed E-state index contributed by atoms with van der Waals surface area (Å²) in [6.45, 7) is 1.90. The van der Waals surface area contributed by atoms with E-state index in [-0.39, 0.29) is 18.6 Å². The van der Waals surface area contributed by atoms with Crippen LogP contribution in [-0.2, 0) is 28.3 Å². The monoisotopic (exact) mass is 456 g/mol. The number of benzene rings is 1. The van der Waals surface area contributed by atoms with Crippen LogP contribution in [0, 0.1) is 0 Å². The van der Waals surface area contributed by atoms with Crippen LogP contribution >= 0.6 is 15.9 Å². The number of pyridine rings is 2. The van der Waals surface area contributed by atoms with Crippen LogP contribution in [0.1, 0.15) is 30.0 Å². The maximum Gasteiger partial charge on any atom is 0.343 e. The molecule has 4 heterocycles. The Balaban J connectivity index is 1.79. The molecule has 2 aromatic heterocycles. The van der Waals surface area contributed by atoms with Crippen molar-refractivity contribution in [2.24, 2.45) is 0 Å². The molecule has 2 aliphatic heterocycles. The molecule has 0 spiro atoms. The fraction of sp³-hybridized carbons (Fsp3) is 0.286. The third-order valence-corrected chi connectivity index (χ3v) is 6.42. The van der Waals surface area contributed by atoms with Crippen molar-refractivity contribution in [3.8, 4) is 17.1 Å². The van der Waals surface area contributed by atoms with E-state index in [1.807, 2.05) is 18.2 Å². The molecule has 1 aromatic carbocycles. The van der Waals surface area contributed by atoms with Gasteiger partial charge in [-0.1, -0.05) is 6.92 Å². The van der Waals surface area contributed by atoms with Gasteiger partial charge in [0.1, 0.15) is 12.4 Å². The number of nitrogens with zero attached hydrogens (tertiary/aromatic N) is 2.